The molecule has 0 spiro atoms. The van der Waals surface area contributed by atoms with Gasteiger partial charge in [0.25, 0.3) is 0 Å². The Hall–Kier alpha value is -0.400. The van der Waals surface area contributed by atoms with E-state index in [-0.39, 0.29) is 0 Å². The maximum atomic E-state index is 12.1. The monoisotopic (exact) mass is 298 g/mol. The summed E-state index contributed by atoms with van der Waals surface area (Å²) in [5.74, 6) is -0.811. The fraction of sp³-hybridized carbons (Fsp3) is 0. The standard InChI is InChI=1S/C6H4F5I/c7-5-1-3-6(4-2-5)12(8,9,10)11/h1-4H. The van der Waals surface area contributed by atoms with E-state index in [1.165, 1.54) is 0 Å². The van der Waals surface area contributed by atoms with Crippen LogP contribution in [0.3, 0.4) is 0 Å². The molecule has 0 aromatic heterocycles. The van der Waals surface area contributed by atoms with E-state index in [1.54, 1.807) is 0 Å². The second-order valence-electron chi connectivity index (χ2n) is 2.05. The van der Waals surface area contributed by atoms with Crippen LogP contribution >= 0.6 is 19.3 Å². The third kappa shape index (κ3) is 2.29. The van der Waals surface area contributed by atoms with E-state index in [0.717, 1.165) is 0 Å². The van der Waals surface area contributed by atoms with Gasteiger partial charge < -0.3 is 0 Å². The van der Waals surface area contributed by atoms with Gasteiger partial charge in [-0.3, -0.25) is 0 Å². The number of hydrogen-bond acceptors (Lipinski definition) is 0. The van der Waals surface area contributed by atoms with E-state index in [1.807, 2.05) is 0 Å². The van der Waals surface area contributed by atoms with Crippen molar-refractivity contribution in [1.82, 2.24) is 0 Å². The third-order valence-electron chi connectivity index (χ3n) is 1.13. The van der Waals surface area contributed by atoms with E-state index < -0.39 is 28.7 Å². The Morgan fingerprint density at radius 1 is 0.833 bits per heavy atom. The molecule has 70 valence electrons. The summed E-state index contributed by atoms with van der Waals surface area (Å²) in [7, 11) is 0. The molecule has 0 saturated carbocycles. The van der Waals surface area contributed by atoms with Gasteiger partial charge in [0.05, 0.1) is 0 Å². The first-order valence-corrected chi connectivity index (χ1v) is 7.11. The van der Waals surface area contributed by atoms with Crippen molar-refractivity contribution in [3.05, 3.63) is 33.7 Å². The van der Waals surface area contributed by atoms with Crippen LogP contribution in [0.25, 0.3) is 0 Å². The summed E-state index contributed by atoms with van der Waals surface area (Å²) >= 11 is -8.27. The second-order valence-corrected chi connectivity index (χ2v) is 6.77. The van der Waals surface area contributed by atoms with Gasteiger partial charge in [-0.2, -0.15) is 0 Å². The van der Waals surface area contributed by atoms with Crippen LogP contribution in [0.2, 0.25) is 0 Å². The summed E-state index contributed by atoms with van der Waals surface area (Å²) in [5.41, 5.74) is 0. The van der Waals surface area contributed by atoms with Crippen LogP contribution in [0.4, 0.5) is 15.8 Å². The quantitative estimate of drug-likeness (QED) is 0.540. The minimum atomic E-state index is -8.27. The van der Waals surface area contributed by atoms with Gasteiger partial charge in [-0.05, 0) is 0 Å². The molecule has 6 heteroatoms. The van der Waals surface area contributed by atoms with Crippen molar-refractivity contribution >= 4 is 19.3 Å². The van der Waals surface area contributed by atoms with Gasteiger partial charge in [-0.1, -0.05) is 0 Å². The first-order chi connectivity index (χ1) is 5.26. The van der Waals surface area contributed by atoms with E-state index in [9.17, 15) is 15.8 Å². The molecule has 0 amide bonds. The van der Waals surface area contributed by atoms with Gasteiger partial charge in [0.2, 0.25) is 0 Å². The summed E-state index contributed by atoms with van der Waals surface area (Å²) in [6, 6.07) is 2.03. The Kier molecular flexibility index (Phi) is 2.05. The van der Waals surface area contributed by atoms with Crippen LogP contribution in [0.1, 0.15) is 0 Å². The molecule has 12 heavy (non-hydrogen) atoms. The van der Waals surface area contributed by atoms with Crippen LogP contribution < -0.4 is 0 Å². The van der Waals surface area contributed by atoms with E-state index >= 15 is 0 Å². The fourth-order valence-corrected chi connectivity index (χ4v) is 2.07. The molecule has 0 aliphatic rings. The first-order valence-electron chi connectivity index (χ1n) is 2.77. The zero-order chi connectivity index (χ0) is 9.43. The Balaban J connectivity index is 3.15. The number of hydrogen-bond donors (Lipinski definition) is 0. The van der Waals surface area contributed by atoms with Gasteiger partial charge in [-0.15, -0.1) is 0 Å². The number of rotatable bonds is 1. The number of benzene rings is 1. The Labute approximate surface area is 69.1 Å². The van der Waals surface area contributed by atoms with E-state index in [4.69, 9.17) is 0 Å². The summed E-state index contributed by atoms with van der Waals surface area (Å²) in [6.45, 7) is 0. The van der Waals surface area contributed by atoms with Crippen LogP contribution in [-0.4, -0.2) is 0 Å². The van der Waals surface area contributed by atoms with Crippen molar-refractivity contribution in [2.24, 2.45) is 0 Å². The molecule has 0 aliphatic heterocycles. The van der Waals surface area contributed by atoms with Gasteiger partial charge in [0, 0.05) is 0 Å². The van der Waals surface area contributed by atoms with Crippen molar-refractivity contribution in [2.45, 2.75) is 0 Å². The average Bonchev–Trinajstić information content (AvgIpc) is 1.84. The molecule has 0 N–H and O–H groups in total. The molecule has 0 heterocycles. The van der Waals surface area contributed by atoms with E-state index in [2.05, 4.69) is 0 Å². The molecule has 0 radical (unpaired) electrons. The number of halogens is 6. The minimum absolute atomic E-state index is 0.420. The predicted octanol–water partition coefficient (Wildman–Crippen LogP) is 4.11. The fourth-order valence-electron chi connectivity index (χ4n) is 0.620. The summed E-state index contributed by atoms with van der Waals surface area (Å²) in [6.07, 6.45) is 0. The summed E-state index contributed by atoms with van der Waals surface area (Å²) in [4.78, 5) is 0. The molecule has 0 aliphatic carbocycles. The molecule has 0 unspecified atom stereocenters. The molecule has 1 aromatic rings. The normalized spacial score (nSPS) is 15.2. The molecular weight excluding hydrogens is 294 g/mol. The van der Waals surface area contributed by atoms with Crippen molar-refractivity contribution in [3.8, 4) is 0 Å². The van der Waals surface area contributed by atoms with Gasteiger partial charge in [0.1, 0.15) is 0 Å². The molecule has 1 aromatic carbocycles. The van der Waals surface area contributed by atoms with Crippen molar-refractivity contribution in [2.75, 3.05) is 0 Å². The topological polar surface area (TPSA) is 0 Å². The molecule has 1 rings (SSSR count). The second kappa shape index (κ2) is 2.54. The average molecular weight is 298 g/mol. The van der Waals surface area contributed by atoms with Crippen LogP contribution in [0.5, 0.6) is 0 Å². The Morgan fingerprint density at radius 3 is 1.58 bits per heavy atom. The molecule has 0 nitrogen and oxygen atoms in total. The molecule has 0 atom stereocenters. The van der Waals surface area contributed by atoms with Gasteiger partial charge >= 0.3 is 68.8 Å². The predicted molar refractivity (Wildman–Crippen MR) is 43.5 cm³/mol. The van der Waals surface area contributed by atoms with Gasteiger partial charge in [0.15, 0.2) is 0 Å². The molecule has 0 fully saturated rings. The van der Waals surface area contributed by atoms with Gasteiger partial charge in [-0.25, -0.2) is 0 Å². The molecular formula is C6H4F5I. The van der Waals surface area contributed by atoms with Crippen LogP contribution in [-0.2, 0) is 0 Å². The Bertz CT molecular complexity index is 276. The third-order valence-corrected chi connectivity index (χ3v) is 3.74. The maximum absolute atomic E-state index is 12.1. The molecule has 0 saturated heterocycles. The van der Waals surface area contributed by atoms with Crippen molar-refractivity contribution in [3.63, 3.8) is 0 Å². The summed E-state index contributed by atoms with van der Waals surface area (Å²) < 4.78 is 58.8. The summed E-state index contributed by atoms with van der Waals surface area (Å²) in [5, 5.41) is 0. The van der Waals surface area contributed by atoms with Crippen molar-refractivity contribution in [1.29, 1.82) is 0 Å². The van der Waals surface area contributed by atoms with E-state index in [0.29, 0.717) is 24.3 Å². The zero-order valence-electron chi connectivity index (χ0n) is 5.58. The van der Waals surface area contributed by atoms with Crippen LogP contribution in [0, 0.1) is 9.39 Å². The zero-order valence-corrected chi connectivity index (χ0v) is 7.73. The molecule has 0 bridgehead atoms. The Morgan fingerprint density at radius 2 is 1.25 bits per heavy atom. The first kappa shape index (κ1) is 9.69. The SMILES string of the molecule is Fc1ccc(I(F)(F)(F)F)cc1. The van der Waals surface area contributed by atoms with Crippen LogP contribution in [0.15, 0.2) is 24.3 Å². The van der Waals surface area contributed by atoms with Crippen molar-refractivity contribution < 1.29 is 15.8 Å².